The van der Waals surface area contributed by atoms with Crippen LogP contribution in [0, 0.1) is 0 Å². The fourth-order valence-corrected chi connectivity index (χ4v) is 3.55. The van der Waals surface area contributed by atoms with Gasteiger partial charge in [0.1, 0.15) is 5.75 Å². The van der Waals surface area contributed by atoms with Crippen LogP contribution in [0.2, 0.25) is 5.02 Å². The number of hydrogen-bond acceptors (Lipinski definition) is 7. The second-order valence-corrected chi connectivity index (χ2v) is 8.83. The molecule has 2 N–H and O–H groups in total. The van der Waals surface area contributed by atoms with Gasteiger partial charge in [0.05, 0.1) is 22.7 Å². The van der Waals surface area contributed by atoms with Crippen molar-refractivity contribution in [1.29, 1.82) is 0 Å². The molecule has 0 unspecified atom stereocenters. The molecule has 0 aliphatic heterocycles. The van der Waals surface area contributed by atoms with Crippen LogP contribution in [0.4, 0.5) is 16.4 Å². The van der Waals surface area contributed by atoms with Gasteiger partial charge >= 0.3 is 6.09 Å². The Balaban J connectivity index is 2.11. The Hall–Kier alpha value is -3.38. The predicted octanol–water partition coefficient (Wildman–Crippen LogP) is 2.12. The Morgan fingerprint density at radius 3 is 2.68 bits per heavy atom. The minimum Gasteiger partial charge on any atom is -0.495 e. The maximum Gasteiger partial charge on any atom is 0.404 e. The number of methoxy groups -OCH3 is 1. The number of carbonyl (C=O) groups excluding carboxylic acids is 1. The molecule has 2 heterocycles. The summed E-state index contributed by atoms with van der Waals surface area (Å²) in [7, 11) is -2.19. The Kier molecular flexibility index (Phi) is 6.32. The lowest BCUT2D eigenvalue weighted by molar-refractivity contribution is -0.117. The van der Waals surface area contributed by atoms with Crippen molar-refractivity contribution in [2.24, 2.45) is 0 Å². The lowest BCUT2D eigenvalue weighted by Crippen LogP contribution is -2.32. The van der Waals surface area contributed by atoms with Gasteiger partial charge in [0.15, 0.2) is 15.5 Å². The Morgan fingerprint density at radius 2 is 2.03 bits per heavy atom. The van der Waals surface area contributed by atoms with Gasteiger partial charge in [-0.3, -0.25) is 4.79 Å². The number of fused-ring (bicyclic) bond motifs is 1. The third-order valence-corrected chi connectivity index (χ3v) is 5.50. The average molecular weight is 468 g/mol. The number of benzene rings is 1. The van der Waals surface area contributed by atoms with Crippen molar-refractivity contribution in [3.8, 4) is 5.75 Å². The number of pyridine rings is 1. The molecule has 164 valence electrons. The van der Waals surface area contributed by atoms with Crippen molar-refractivity contribution in [3.05, 3.63) is 41.6 Å². The van der Waals surface area contributed by atoms with Crippen molar-refractivity contribution in [1.82, 2.24) is 19.9 Å². The summed E-state index contributed by atoms with van der Waals surface area (Å²) in [6, 6.07) is 7.23. The molecule has 0 saturated heterocycles. The molecule has 31 heavy (non-hydrogen) atoms. The molecule has 0 aliphatic rings. The molecule has 0 fully saturated rings. The summed E-state index contributed by atoms with van der Waals surface area (Å²) < 4.78 is 30.5. The molecule has 0 bridgehead atoms. The smallest absolute Gasteiger partial charge is 0.404 e. The van der Waals surface area contributed by atoms with Crippen molar-refractivity contribution in [2.75, 3.05) is 24.8 Å². The number of ether oxygens (including phenoxy) is 1. The van der Waals surface area contributed by atoms with Crippen LogP contribution in [0.5, 0.6) is 5.75 Å². The second-order valence-electron chi connectivity index (χ2n) is 6.38. The van der Waals surface area contributed by atoms with Gasteiger partial charge in [-0.2, -0.15) is 4.98 Å². The molecular formula is C18H18ClN5O6S. The highest BCUT2D eigenvalue weighted by atomic mass is 35.5. The van der Waals surface area contributed by atoms with Gasteiger partial charge < -0.3 is 15.2 Å². The highest BCUT2D eigenvalue weighted by Crippen LogP contribution is 2.35. The molecule has 3 aromatic rings. The summed E-state index contributed by atoms with van der Waals surface area (Å²) in [6.07, 6.45) is 1.08. The van der Waals surface area contributed by atoms with Crippen molar-refractivity contribution in [2.45, 2.75) is 11.3 Å². The number of nitrogens with zero attached hydrogens (tertiary/aromatic N) is 4. The molecular weight excluding hydrogens is 450 g/mol. The first-order chi connectivity index (χ1) is 14.6. The first-order valence-electron chi connectivity index (χ1n) is 8.80. The van der Waals surface area contributed by atoms with Gasteiger partial charge in [-0.1, -0.05) is 11.6 Å². The van der Waals surface area contributed by atoms with Crippen LogP contribution in [0.25, 0.3) is 5.65 Å². The number of rotatable bonds is 7. The summed E-state index contributed by atoms with van der Waals surface area (Å²) >= 11 is 5.98. The fourth-order valence-electron chi connectivity index (χ4n) is 2.76. The molecule has 11 nitrogen and oxygen atoms in total. The lowest BCUT2D eigenvalue weighted by Gasteiger charge is -2.22. The molecule has 2 amide bonds. The standard InChI is InChI=1S/C18H18ClN5O6S/c1-30-14-9-12(31(2,28)29)4-5-13(14)24(16(25)7-8-20-18(26)27)17-21-15-6-3-11(19)10-23(15)22-17/h3-6,9-10,20H,7-8H2,1-2H3,(H,26,27). The van der Waals surface area contributed by atoms with Crippen molar-refractivity contribution in [3.63, 3.8) is 0 Å². The van der Waals surface area contributed by atoms with Crippen LogP contribution in [-0.4, -0.2) is 60.0 Å². The number of nitrogens with one attached hydrogen (secondary N) is 1. The van der Waals surface area contributed by atoms with E-state index in [1.807, 2.05) is 0 Å². The number of anilines is 2. The van der Waals surface area contributed by atoms with Gasteiger partial charge in [0.2, 0.25) is 5.91 Å². The topological polar surface area (TPSA) is 143 Å². The van der Waals surface area contributed by atoms with Gasteiger partial charge in [-0.05, 0) is 24.3 Å². The number of aromatic nitrogens is 3. The molecule has 0 saturated carbocycles. The second kappa shape index (κ2) is 8.78. The number of carboxylic acid groups (broad SMARTS) is 1. The lowest BCUT2D eigenvalue weighted by atomic mass is 10.2. The minimum absolute atomic E-state index is 0.00258. The summed E-state index contributed by atoms with van der Waals surface area (Å²) in [5, 5.41) is 15.6. The number of hydrogen-bond donors (Lipinski definition) is 2. The number of sulfone groups is 1. The van der Waals surface area contributed by atoms with Gasteiger partial charge in [-0.25, -0.2) is 22.6 Å². The Labute approximate surface area is 182 Å². The van der Waals surface area contributed by atoms with E-state index in [9.17, 15) is 18.0 Å². The molecule has 2 aromatic heterocycles. The fraction of sp³-hybridized carbons (Fsp3) is 0.222. The largest absolute Gasteiger partial charge is 0.495 e. The zero-order valence-corrected chi connectivity index (χ0v) is 18.0. The summed E-state index contributed by atoms with van der Waals surface area (Å²) in [4.78, 5) is 29.2. The maximum absolute atomic E-state index is 13.0. The normalized spacial score (nSPS) is 11.3. The molecule has 1 aromatic carbocycles. The Bertz CT molecular complexity index is 1260. The zero-order chi connectivity index (χ0) is 22.8. The maximum atomic E-state index is 13.0. The molecule has 13 heteroatoms. The van der Waals surface area contributed by atoms with Gasteiger partial charge in [0, 0.05) is 31.5 Å². The SMILES string of the molecule is COc1cc(S(C)(=O)=O)ccc1N(C(=O)CCNC(=O)O)c1nc2ccc(Cl)cn2n1. The minimum atomic E-state index is -3.52. The first kappa shape index (κ1) is 22.3. The van der Waals surface area contributed by atoms with E-state index in [1.54, 1.807) is 12.1 Å². The molecule has 0 aliphatic carbocycles. The molecule has 0 atom stereocenters. The van der Waals surface area contributed by atoms with Gasteiger partial charge in [0.25, 0.3) is 5.95 Å². The summed E-state index contributed by atoms with van der Waals surface area (Å²) in [5.41, 5.74) is 0.602. The van der Waals surface area contributed by atoms with Crippen LogP contribution < -0.4 is 15.0 Å². The van der Waals surface area contributed by atoms with Crippen LogP contribution in [0.15, 0.2) is 41.4 Å². The number of amides is 2. The molecule has 3 rings (SSSR count). The van der Waals surface area contributed by atoms with E-state index >= 15 is 0 Å². The third-order valence-electron chi connectivity index (χ3n) is 4.17. The summed E-state index contributed by atoms with van der Waals surface area (Å²) in [6.45, 7) is -0.145. The monoisotopic (exact) mass is 467 g/mol. The van der Waals surface area contributed by atoms with Crippen LogP contribution in [0.3, 0.4) is 0 Å². The van der Waals surface area contributed by atoms with E-state index in [0.29, 0.717) is 10.7 Å². The zero-order valence-electron chi connectivity index (χ0n) is 16.4. The van der Waals surface area contributed by atoms with E-state index in [-0.39, 0.29) is 35.2 Å². The van der Waals surface area contributed by atoms with Gasteiger partial charge in [-0.15, -0.1) is 5.10 Å². The van der Waals surface area contributed by atoms with E-state index in [4.69, 9.17) is 21.4 Å². The van der Waals surface area contributed by atoms with Crippen molar-refractivity contribution < 1.29 is 27.9 Å². The third kappa shape index (κ3) is 5.03. The summed E-state index contributed by atoms with van der Waals surface area (Å²) in [5.74, 6) is -0.464. The number of carbonyl (C=O) groups is 2. The van der Waals surface area contributed by atoms with E-state index in [1.165, 1.54) is 36.0 Å². The molecule has 0 radical (unpaired) electrons. The van der Waals surface area contributed by atoms with Crippen LogP contribution in [-0.2, 0) is 14.6 Å². The quantitative estimate of drug-likeness (QED) is 0.537. The predicted molar refractivity (Wildman–Crippen MR) is 112 cm³/mol. The van der Waals surface area contributed by atoms with Crippen LogP contribution in [0.1, 0.15) is 6.42 Å². The number of halogens is 1. The van der Waals surface area contributed by atoms with E-state index in [0.717, 1.165) is 11.2 Å². The Morgan fingerprint density at radius 1 is 1.29 bits per heavy atom. The van der Waals surface area contributed by atoms with Crippen molar-refractivity contribution >= 4 is 50.7 Å². The van der Waals surface area contributed by atoms with E-state index < -0.39 is 21.8 Å². The average Bonchev–Trinajstić information content (AvgIpc) is 3.09. The highest BCUT2D eigenvalue weighted by molar-refractivity contribution is 7.90. The molecule has 0 spiro atoms. The van der Waals surface area contributed by atoms with Crippen LogP contribution >= 0.6 is 11.6 Å². The van der Waals surface area contributed by atoms with E-state index in [2.05, 4.69) is 15.4 Å². The first-order valence-corrected chi connectivity index (χ1v) is 11.1. The highest BCUT2D eigenvalue weighted by Gasteiger charge is 2.26.